The van der Waals surface area contributed by atoms with Gasteiger partial charge in [-0.05, 0) is 67.5 Å². The summed E-state index contributed by atoms with van der Waals surface area (Å²) >= 11 is 0. The Morgan fingerprint density at radius 3 is 2.21 bits per heavy atom. The van der Waals surface area contributed by atoms with Gasteiger partial charge in [-0.15, -0.1) is 0 Å². The summed E-state index contributed by atoms with van der Waals surface area (Å²) in [5, 5.41) is 11.7. The number of amides is 1. The van der Waals surface area contributed by atoms with Gasteiger partial charge in [0.1, 0.15) is 11.9 Å². The van der Waals surface area contributed by atoms with Crippen molar-refractivity contribution in [3.8, 4) is 0 Å². The molecule has 5 nitrogen and oxygen atoms in total. The number of carboxylic acid groups (broad SMARTS) is 1. The van der Waals surface area contributed by atoms with Crippen molar-refractivity contribution in [2.24, 2.45) is 5.73 Å². The topological polar surface area (TPSA) is 92.4 Å². The minimum atomic E-state index is -1.20. The van der Waals surface area contributed by atoms with E-state index >= 15 is 0 Å². The number of nitrogens with two attached hydrogens (primary N) is 1. The lowest BCUT2D eigenvalue weighted by Crippen LogP contribution is -2.48. The lowest BCUT2D eigenvalue weighted by molar-refractivity contribution is -0.142. The first-order valence-corrected chi connectivity index (χ1v) is 9.23. The summed E-state index contributed by atoms with van der Waals surface area (Å²) in [5.41, 5.74) is 7.19. The number of carbonyl (C=O) groups is 2. The lowest BCUT2D eigenvalue weighted by Gasteiger charge is -2.18. The summed E-state index contributed by atoms with van der Waals surface area (Å²) in [6.07, 6.45) is 1.53. The summed E-state index contributed by atoms with van der Waals surface area (Å²) in [7, 11) is 0. The number of hydrogen-bond acceptors (Lipinski definition) is 3. The molecular weight excluding hydrogens is 385 g/mol. The van der Waals surface area contributed by atoms with E-state index in [2.05, 4.69) is 5.32 Å². The number of nitrogens with one attached hydrogen (secondary N) is 1. The quantitative estimate of drug-likeness (QED) is 0.564. The zero-order chi connectivity index (χ0) is 21.4. The van der Waals surface area contributed by atoms with Crippen molar-refractivity contribution in [2.45, 2.75) is 44.2 Å². The van der Waals surface area contributed by atoms with E-state index < -0.39 is 35.6 Å². The average Bonchev–Trinajstić information content (AvgIpc) is 2.69. The second-order valence-electron chi connectivity index (χ2n) is 6.81. The number of hydrogen-bond donors (Lipinski definition) is 3. The highest BCUT2D eigenvalue weighted by Gasteiger charge is 2.23. The standard InChI is InChI=1S/C21H23F3N2O3/c22-15-8-4-13(5-9-15)7-11-18(25)20(27)26-19(21(28)29)3-1-2-14-6-10-16(23)17(24)12-14/h4-6,8-10,12,18-19H,1-3,7,11,25H2,(H,26,27)(H,28,29). The van der Waals surface area contributed by atoms with Crippen LogP contribution in [0.3, 0.4) is 0 Å². The fourth-order valence-corrected chi connectivity index (χ4v) is 2.85. The van der Waals surface area contributed by atoms with Gasteiger partial charge in [-0.2, -0.15) is 0 Å². The van der Waals surface area contributed by atoms with Crippen molar-refractivity contribution in [1.29, 1.82) is 0 Å². The Bertz CT molecular complexity index is 844. The molecule has 8 heteroatoms. The minimum absolute atomic E-state index is 0.116. The Balaban J connectivity index is 1.81. The lowest BCUT2D eigenvalue weighted by atomic mass is 10.0. The molecule has 2 unspecified atom stereocenters. The zero-order valence-corrected chi connectivity index (χ0v) is 15.7. The monoisotopic (exact) mass is 408 g/mol. The molecule has 0 spiro atoms. The number of rotatable bonds is 10. The number of carbonyl (C=O) groups excluding carboxylic acids is 1. The molecule has 0 radical (unpaired) electrons. The van der Waals surface area contributed by atoms with Gasteiger partial charge in [-0.3, -0.25) is 4.79 Å². The molecule has 1 amide bonds. The molecule has 2 aromatic rings. The summed E-state index contributed by atoms with van der Waals surface area (Å²) in [6.45, 7) is 0. The Kier molecular flexibility index (Phi) is 8.21. The van der Waals surface area contributed by atoms with E-state index in [-0.39, 0.29) is 18.7 Å². The van der Waals surface area contributed by atoms with Crippen LogP contribution in [0.2, 0.25) is 0 Å². The third-order valence-corrected chi connectivity index (χ3v) is 4.55. The fourth-order valence-electron chi connectivity index (χ4n) is 2.85. The molecule has 2 rings (SSSR count). The van der Waals surface area contributed by atoms with Gasteiger partial charge in [-0.1, -0.05) is 18.2 Å². The van der Waals surface area contributed by atoms with Gasteiger partial charge in [0.25, 0.3) is 0 Å². The van der Waals surface area contributed by atoms with Crippen LogP contribution in [0.4, 0.5) is 13.2 Å². The van der Waals surface area contributed by atoms with Crippen LogP contribution in [0.1, 0.15) is 30.4 Å². The molecule has 0 heterocycles. The first-order chi connectivity index (χ1) is 13.8. The third kappa shape index (κ3) is 7.23. The zero-order valence-electron chi connectivity index (χ0n) is 15.7. The minimum Gasteiger partial charge on any atom is -0.480 e. The van der Waals surface area contributed by atoms with E-state index in [0.717, 1.165) is 17.7 Å². The van der Waals surface area contributed by atoms with Crippen LogP contribution in [-0.2, 0) is 22.4 Å². The van der Waals surface area contributed by atoms with E-state index in [1.165, 1.54) is 18.2 Å². The first kappa shape index (κ1) is 22.4. The second kappa shape index (κ2) is 10.6. The smallest absolute Gasteiger partial charge is 0.326 e. The van der Waals surface area contributed by atoms with E-state index in [1.54, 1.807) is 12.1 Å². The molecule has 29 heavy (non-hydrogen) atoms. The van der Waals surface area contributed by atoms with Crippen LogP contribution >= 0.6 is 0 Å². The second-order valence-corrected chi connectivity index (χ2v) is 6.81. The van der Waals surface area contributed by atoms with Gasteiger partial charge in [0.2, 0.25) is 5.91 Å². The van der Waals surface area contributed by atoms with Gasteiger partial charge in [0.05, 0.1) is 6.04 Å². The summed E-state index contributed by atoms with van der Waals surface area (Å²) in [4.78, 5) is 23.6. The molecule has 0 bridgehead atoms. The molecule has 2 atom stereocenters. The molecular formula is C21H23F3N2O3. The number of aryl methyl sites for hydroxylation is 2. The Morgan fingerprint density at radius 1 is 0.931 bits per heavy atom. The summed E-state index contributed by atoms with van der Waals surface area (Å²) in [6, 6.07) is 7.28. The Morgan fingerprint density at radius 2 is 1.59 bits per heavy atom. The molecule has 0 aromatic heterocycles. The molecule has 0 fully saturated rings. The van der Waals surface area contributed by atoms with Gasteiger partial charge in [0.15, 0.2) is 11.6 Å². The van der Waals surface area contributed by atoms with E-state index in [0.29, 0.717) is 24.8 Å². The van der Waals surface area contributed by atoms with Crippen molar-refractivity contribution in [1.82, 2.24) is 5.32 Å². The fraction of sp³-hybridized carbons (Fsp3) is 0.333. The highest BCUT2D eigenvalue weighted by molar-refractivity contribution is 5.86. The molecule has 0 aliphatic carbocycles. The molecule has 0 saturated carbocycles. The number of benzene rings is 2. The van der Waals surface area contributed by atoms with Crippen LogP contribution in [0.5, 0.6) is 0 Å². The predicted octanol–water partition coefficient (Wildman–Crippen LogP) is 2.96. The normalized spacial score (nSPS) is 13.0. The SMILES string of the molecule is NC(CCc1ccc(F)cc1)C(=O)NC(CCCc1ccc(F)c(F)c1)C(=O)O. The molecule has 4 N–H and O–H groups in total. The maximum Gasteiger partial charge on any atom is 0.326 e. The van der Waals surface area contributed by atoms with Crippen molar-refractivity contribution < 1.29 is 27.9 Å². The maximum absolute atomic E-state index is 13.2. The molecule has 0 aliphatic rings. The molecule has 156 valence electrons. The first-order valence-electron chi connectivity index (χ1n) is 9.23. The predicted molar refractivity (Wildman–Crippen MR) is 102 cm³/mol. The van der Waals surface area contributed by atoms with Crippen molar-refractivity contribution in [2.75, 3.05) is 0 Å². The molecule has 0 saturated heterocycles. The van der Waals surface area contributed by atoms with Gasteiger partial charge in [0, 0.05) is 0 Å². The highest BCUT2D eigenvalue weighted by atomic mass is 19.2. The van der Waals surface area contributed by atoms with Gasteiger partial charge in [-0.25, -0.2) is 18.0 Å². The maximum atomic E-state index is 13.2. The average molecular weight is 408 g/mol. The van der Waals surface area contributed by atoms with Crippen LogP contribution in [0.15, 0.2) is 42.5 Å². The molecule has 2 aromatic carbocycles. The largest absolute Gasteiger partial charge is 0.480 e. The van der Waals surface area contributed by atoms with Gasteiger partial charge < -0.3 is 16.2 Å². The number of halogens is 3. The van der Waals surface area contributed by atoms with Crippen LogP contribution < -0.4 is 11.1 Å². The Hall–Kier alpha value is -2.87. The number of aliphatic carboxylic acids is 1. The van der Waals surface area contributed by atoms with E-state index in [9.17, 15) is 27.9 Å². The third-order valence-electron chi connectivity index (χ3n) is 4.55. The van der Waals surface area contributed by atoms with Crippen molar-refractivity contribution in [3.63, 3.8) is 0 Å². The van der Waals surface area contributed by atoms with E-state index in [4.69, 9.17) is 5.73 Å². The Labute approximate surface area is 166 Å². The summed E-state index contributed by atoms with van der Waals surface area (Å²) < 4.78 is 39.0. The van der Waals surface area contributed by atoms with Crippen LogP contribution in [0.25, 0.3) is 0 Å². The van der Waals surface area contributed by atoms with Crippen LogP contribution in [-0.4, -0.2) is 29.1 Å². The molecule has 0 aliphatic heterocycles. The summed E-state index contributed by atoms with van der Waals surface area (Å²) in [5.74, 6) is -4.05. The van der Waals surface area contributed by atoms with Crippen molar-refractivity contribution >= 4 is 11.9 Å². The van der Waals surface area contributed by atoms with E-state index in [1.807, 2.05) is 0 Å². The van der Waals surface area contributed by atoms with Gasteiger partial charge >= 0.3 is 5.97 Å². The van der Waals surface area contributed by atoms with Crippen LogP contribution in [0, 0.1) is 17.5 Å². The van der Waals surface area contributed by atoms with Crippen molar-refractivity contribution in [3.05, 3.63) is 71.0 Å². The highest BCUT2D eigenvalue weighted by Crippen LogP contribution is 2.12. The number of carboxylic acids is 1.